The van der Waals surface area contributed by atoms with Gasteiger partial charge in [0.15, 0.2) is 12.2 Å². The van der Waals surface area contributed by atoms with Crippen molar-refractivity contribution in [1.29, 1.82) is 0 Å². The molecule has 0 aromatic rings. The van der Waals surface area contributed by atoms with Gasteiger partial charge in [0.05, 0.1) is 26.4 Å². The quantitative estimate of drug-likeness (QED) is 0.0222. The number of aliphatic hydroxyl groups is 1. The van der Waals surface area contributed by atoms with Gasteiger partial charge in [0.1, 0.15) is 19.3 Å². The van der Waals surface area contributed by atoms with Crippen LogP contribution in [0.5, 0.6) is 0 Å². The number of carbonyl (C=O) groups excluding carboxylic acids is 4. The number of aliphatic hydroxyl groups excluding tert-OH is 1. The van der Waals surface area contributed by atoms with Gasteiger partial charge in [-0.25, -0.2) is 9.13 Å². The number of rotatable bonds is 88. The van der Waals surface area contributed by atoms with Gasteiger partial charge in [-0.3, -0.25) is 37.3 Å². The molecule has 3 unspecified atom stereocenters. The molecule has 3 N–H and O–H groups in total. The second kappa shape index (κ2) is 80.3. The fourth-order valence-corrected chi connectivity index (χ4v) is 15.5. The average Bonchev–Trinajstić information content (AvgIpc) is 0.899. The van der Waals surface area contributed by atoms with E-state index in [1.54, 1.807) is 0 Å². The summed E-state index contributed by atoms with van der Waals surface area (Å²) in [6, 6.07) is 0. The lowest BCUT2D eigenvalue weighted by Crippen LogP contribution is -2.30. The summed E-state index contributed by atoms with van der Waals surface area (Å²) in [5.74, 6) is -0.504. The highest BCUT2D eigenvalue weighted by Gasteiger charge is 2.31. The molecular weight excluding hydrogens is 1400 g/mol. The maximum atomic E-state index is 13.2. The summed E-state index contributed by atoms with van der Waals surface area (Å²) < 4.78 is 69.0. The minimum absolute atomic E-state index is 0.108. The minimum Gasteiger partial charge on any atom is -0.462 e. The second-order valence-electron chi connectivity index (χ2n) is 32.7. The number of esters is 4. The third-order valence-corrected chi connectivity index (χ3v) is 23.2. The lowest BCUT2D eigenvalue weighted by atomic mass is 9.99. The molecule has 108 heavy (non-hydrogen) atoms. The van der Waals surface area contributed by atoms with Crippen molar-refractivity contribution in [3.05, 3.63) is 0 Å². The van der Waals surface area contributed by atoms with E-state index < -0.39 is 97.5 Å². The Morgan fingerprint density at radius 2 is 0.472 bits per heavy atom. The third kappa shape index (κ3) is 80.7. The van der Waals surface area contributed by atoms with Gasteiger partial charge in [0.2, 0.25) is 0 Å². The van der Waals surface area contributed by atoms with E-state index in [1.165, 1.54) is 295 Å². The molecule has 642 valence electrons. The summed E-state index contributed by atoms with van der Waals surface area (Å²) in [4.78, 5) is 73.4. The SMILES string of the molecule is CCCCCCCCCCCCCCCCCCCCCCCC(=O)O[C@H](COC(=O)CCCCCCCCCCCCCCCCC(C)CC)COP(=O)(O)OC[C@@H](O)COP(=O)(O)OC[C@@H](COC(=O)CCCCCCCCCCCC(C)C)OC(=O)CCCCCCCCCCCCCCCCCCC. The first-order valence-corrected chi connectivity index (χ1v) is 49.0. The van der Waals surface area contributed by atoms with E-state index in [0.29, 0.717) is 25.7 Å². The molecular formula is C89H174O17P2. The summed E-state index contributed by atoms with van der Waals surface area (Å²) in [5, 5.41) is 10.7. The Kier molecular flexibility index (Phi) is 78.8. The van der Waals surface area contributed by atoms with Crippen LogP contribution in [0.15, 0.2) is 0 Å². The van der Waals surface area contributed by atoms with Crippen molar-refractivity contribution in [2.45, 2.75) is 496 Å². The number of phosphoric ester groups is 2. The Hall–Kier alpha value is -1.94. The monoisotopic (exact) mass is 1580 g/mol. The number of unbranched alkanes of at least 4 members (excludes halogenated alkanes) is 57. The van der Waals surface area contributed by atoms with Crippen LogP contribution in [-0.2, 0) is 65.4 Å². The van der Waals surface area contributed by atoms with Gasteiger partial charge >= 0.3 is 39.5 Å². The number of carbonyl (C=O) groups is 4. The molecule has 6 atom stereocenters. The number of hydrogen-bond acceptors (Lipinski definition) is 15. The molecule has 0 fully saturated rings. The first kappa shape index (κ1) is 106. The Morgan fingerprint density at radius 1 is 0.269 bits per heavy atom. The van der Waals surface area contributed by atoms with Crippen molar-refractivity contribution < 1.29 is 80.2 Å². The minimum atomic E-state index is -4.97. The van der Waals surface area contributed by atoms with Crippen LogP contribution in [-0.4, -0.2) is 96.7 Å². The predicted molar refractivity (Wildman–Crippen MR) is 446 cm³/mol. The van der Waals surface area contributed by atoms with Crippen molar-refractivity contribution in [2.75, 3.05) is 39.6 Å². The smallest absolute Gasteiger partial charge is 0.462 e. The van der Waals surface area contributed by atoms with Gasteiger partial charge < -0.3 is 33.8 Å². The fraction of sp³-hybridized carbons (Fsp3) is 0.955. The van der Waals surface area contributed by atoms with E-state index >= 15 is 0 Å². The Bertz CT molecular complexity index is 2070. The Morgan fingerprint density at radius 3 is 0.704 bits per heavy atom. The van der Waals surface area contributed by atoms with Crippen molar-refractivity contribution in [1.82, 2.24) is 0 Å². The van der Waals surface area contributed by atoms with E-state index in [2.05, 4.69) is 41.5 Å². The van der Waals surface area contributed by atoms with Crippen molar-refractivity contribution in [2.24, 2.45) is 11.8 Å². The predicted octanol–water partition coefficient (Wildman–Crippen LogP) is 27.4. The molecule has 0 aliphatic heterocycles. The molecule has 0 aliphatic carbocycles. The topological polar surface area (TPSA) is 237 Å². The number of phosphoric acid groups is 2. The van der Waals surface area contributed by atoms with Gasteiger partial charge in [0, 0.05) is 25.7 Å². The van der Waals surface area contributed by atoms with Gasteiger partial charge in [-0.2, -0.15) is 0 Å². The van der Waals surface area contributed by atoms with Crippen LogP contribution in [0, 0.1) is 11.8 Å². The van der Waals surface area contributed by atoms with Crippen molar-refractivity contribution >= 4 is 39.5 Å². The molecule has 0 rings (SSSR count). The van der Waals surface area contributed by atoms with Crippen molar-refractivity contribution in [3.63, 3.8) is 0 Å². The molecule has 0 aromatic carbocycles. The highest BCUT2D eigenvalue weighted by atomic mass is 31.2. The summed E-state index contributed by atoms with van der Waals surface area (Å²) in [6.07, 6.45) is 73.6. The van der Waals surface area contributed by atoms with Crippen LogP contribution < -0.4 is 0 Å². The number of ether oxygens (including phenoxy) is 4. The molecule has 0 amide bonds. The Balaban J connectivity index is 5.25. The second-order valence-corrected chi connectivity index (χ2v) is 35.6. The zero-order valence-corrected chi connectivity index (χ0v) is 73.0. The molecule has 0 aliphatic rings. The molecule has 0 aromatic heterocycles. The maximum Gasteiger partial charge on any atom is 0.472 e. The molecule has 19 heteroatoms. The molecule has 17 nitrogen and oxygen atoms in total. The summed E-state index contributed by atoms with van der Waals surface area (Å²) in [5.41, 5.74) is 0. The summed E-state index contributed by atoms with van der Waals surface area (Å²) >= 11 is 0. The van der Waals surface area contributed by atoms with Gasteiger partial charge in [-0.05, 0) is 37.5 Å². The summed E-state index contributed by atoms with van der Waals surface area (Å²) in [7, 11) is -9.93. The van der Waals surface area contributed by atoms with Crippen LogP contribution >= 0.6 is 15.6 Å². The molecule has 0 saturated heterocycles. The Labute approximate surface area is 664 Å². The van der Waals surface area contributed by atoms with E-state index in [1.807, 2.05) is 0 Å². The highest BCUT2D eigenvalue weighted by Crippen LogP contribution is 2.45. The third-order valence-electron chi connectivity index (χ3n) is 21.3. The maximum absolute atomic E-state index is 13.2. The van der Waals surface area contributed by atoms with Gasteiger partial charge in [0.25, 0.3) is 0 Å². The fourth-order valence-electron chi connectivity index (χ4n) is 13.9. The van der Waals surface area contributed by atoms with Gasteiger partial charge in [-0.15, -0.1) is 0 Å². The summed E-state index contributed by atoms with van der Waals surface area (Å²) in [6.45, 7) is 9.73. The number of hydrogen-bond donors (Lipinski definition) is 3. The molecule has 0 saturated carbocycles. The van der Waals surface area contributed by atoms with Crippen molar-refractivity contribution in [3.8, 4) is 0 Å². The lowest BCUT2D eigenvalue weighted by Gasteiger charge is -2.21. The first-order chi connectivity index (χ1) is 52.4. The standard InChI is InChI=1S/C89H174O17P2/c1-7-10-12-14-16-18-20-22-24-26-27-28-29-31-33-39-43-49-56-62-68-74-88(93)105-84(77-99-86(91)71-65-59-53-47-41-37-35-34-36-40-46-52-58-64-70-82(6)9-3)79-103-107(95,96)101-75-83(90)76-102-108(97,98)104-80-85(78-100-87(92)72-66-60-54-50-44-45-51-57-63-69-81(4)5)106-89(94)73-67-61-55-48-42-38-32-30-25-23-21-19-17-15-13-11-8-2/h81-85,90H,7-80H2,1-6H3,(H,95,96)(H,97,98)/t82?,83-,84-,85-/m1/s1. The molecule has 0 heterocycles. The highest BCUT2D eigenvalue weighted by molar-refractivity contribution is 7.47. The van der Waals surface area contributed by atoms with E-state index in [4.69, 9.17) is 37.0 Å². The molecule has 0 radical (unpaired) electrons. The van der Waals surface area contributed by atoms with E-state index in [9.17, 15) is 43.2 Å². The molecule has 0 spiro atoms. The van der Waals surface area contributed by atoms with E-state index in [-0.39, 0.29) is 25.7 Å². The first-order valence-electron chi connectivity index (χ1n) is 46.0. The van der Waals surface area contributed by atoms with Crippen LogP contribution in [0.25, 0.3) is 0 Å². The van der Waals surface area contributed by atoms with Crippen LogP contribution in [0.4, 0.5) is 0 Å². The van der Waals surface area contributed by atoms with Crippen LogP contribution in [0.2, 0.25) is 0 Å². The zero-order valence-electron chi connectivity index (χ0n) is 71.2. The van der Waals surface area contributed by atoms with E-state index in [0.717, 1.165) is 102 Å². The normalized spacial score (nSPS) is 14.0. The lowest BCUT2D eigenvalue weighted by molar-refractivity contribution is -0.161. The largest absolute Gasteiger partial charge is 0.472 e. The zero-order chi connectivity index (χ0) is 79.2. The molecule has 0 bridgehead atoms. The van der Waals surface area contributed by atoms with Crippen LogP contribution in [0.3, 0.4) is 0 Å². The average molecular weight is 1580 g/mol. The van der Waals surface area contributed by atoms with Gasteiger partial charge in [-0.1, -0.05) is 427 Å². The van der Waals surface area contributed by atoms with Crippen LogP contribution in [0.1, 0.15) is 478 Å².